The quantitative estimate of drug-likeness (QED) is 0.613. The Labute approximate surface area is 103 Å². The second kappa shape index (κ2) is 5.44. The number of halogens is 1. The van der Waals surface area contributed by atoms with Gasteiger partial charge >= 0.3 is 5.97 Å². The van der Waals surface area contributed by atoms with Gasteiger partial charge in [-0.15, -0.1) is 11.3 Å². The van der Waals surface area contributed by atoms with Gasteiger partial charge in [-0.25, -0.2) is 9.37 Å². The minimum Gasteiger partial charge on any atom is -0.469 e. The van der Waals surface area contributed by atoms with Gasteiger partial charge in [-0.05, 0) is 19.3 Å². The van der Waals surface area contributed by atoms with E-state index in [2.05, 4.69) is 9.72 Å². The topological polar surface area (TPSA) is 42.4 Å². The number of nitrogens with zero attached hydrogens (tertiary/aromatic N) is 2. The lowest BCUT2D eigenvalue weighted by molar-refractivity contribution is -0.140. The van der Waals surface area contributed by atoms with Crippen LogP contribution >= 0.6 is 11.3 Å². The van der Waals surface area contributed by atoms with E-state index in [1.807, 2.05) is 0 Å². The number of methoxy groups -OCH3 is 1. The van der Waals surface area contributed by atoms with Crippen molar-refractivity contribution >= 4 is 22.4 Å². The van der Waals surface area contributed by atoms with Gasteiger partial charge in [0.05, 0.1) is 13.5 Å². The van der Waals surface area contributed by atoms with Crippen LogP contribution in [0.25, 0.3) is 0 Å². The standard InChI is InChI=1S/C11H15FN2O2S/c1-16-10(15)5-4-8-7-13-11(17-8)14-6-2-3-9(14)12/h7,9H,2-6H2,1H3/t9-/m1/s1. The van der Waals surface area contributed by atoms with Crippen LogP contribution in [0.2, 0.25) is 0 Å². The Balaban J connectivity index is 1.93. The Morgan fingerprint density at radius 2 is 2.59 bits per heavy atom. The van der Waals surface area contributed by atoms with Gasteiger partial charge in [0.15, 0.2) is 11.4 Å². The molecule has 0 aliphatic carbocycles. The van der Waals surface area contributed by atoms with Crippen LogP contribution in [0.15, 0.2) is 6.20 Å². The number of thiazole rings is 1. The fourth-order valence-corrected chi connectivity index (χ4v) is 2.79. The molecule has 0 spiro atoms. The molecule has 2 heterocycles. The molecule has 1 aromatic heterocycles. The van der Waals surface area contributed by atoms with Crippen LogP contribution in [-0.4, -0.2) is 30.9 Å². The molecule has 1 aromatic rings. The number of hydrogen-bond donors (Lipinski definition) is 0. The number of ether oxygens (including phenoxy) is 1. The average Bonchev–Trinajstić information content (AvgIpc) is 2.94. The molecule has 1 atom stereocenters. The summed E-state index contributed by atoms with van der Waals surface area (Å²) in [4.78, 5) is 17.9. The van der Waals surface area contributed by atoms with E-state index in [1.165, 1.54) is 18.4 Å². The average molecular weight is 258 g/mol. The van der Waals surface area contributed by atoms with Gasteiger partial charge in [-0.1, -0.05) is 0 Å². The van der Waals surface area contributed by atoms with Crippen molar-refractivity contribution in [2.75, 3.05) is 18.6 Å². The van der Waals surface area contributed by atoms with Gasteiger partial charge in [0, 0.05) is 17.6 Å². The maximum atomic E-state index is 13.5. The molecule has 6 heteroatoms. The molecule has 0 unspecified atom stereocenters. The summed E-state index contributed by atoms with van der Waals surface area (Å²) in [5.41, 5.74) is 0. The largest absolute Gasteiger partial charge is 0.469 e. The summed E-state index contributed by atoms with van der Waals surface area (Å²) in [6, 6.07) is 0. The van der Waals surface area contributed by atoms with Crippen molar-refractivity contribution in [2.24, 2.45) is 0 Å². The van der Waals surface area contributed by atoms with Crippen molar-refractivity contribution in [2.45, 2.75) is 32.0 Å². The number of aryl methyl sites for hydroxylation is 1. The van der Waals surface area contributed by atoms with Crippen LogP contribution < -0.4 is 4.90 Å². The molecular weight excluding hydrogens is 243 g/mol. The van der Waals surface area contributed by atoms with E-state index in [9.17, 15) is 9.18 Å². The van der Waals surface area contributed by atoms with Crippen molar-refractivity contribution in [1.82, 2.24) is 4.98 Å². The smallest absolute Gasteiger partial charge is 0.305 e. The zero-order chi connectivity index (χ0) is 12.3. The van der Waals surface area contributed by atoms with Crippen molar-refractivity contribution < 1.29 is 13.9 Å². The Bertz CT molecular complexity index is 397. The third kappa shape index (κ3) is 2.94. The predicted octanol–water partition coefficient (Wildman–Crippen LogP) is 2.14. The molecule has 0 aromatic carbocycles. The van der Waals surface area contributed by atoms with E-state index in [-0.39, 0.29) is 5.97 Å². The Morgan fingerprint density at radius 1 is 1.76 bits per heavy atom. The first-order valence-corrected chi connectivity index (χ1v) is 6.44. The van der Waals surface area contributed by atoms with Gasteiger partial charge in [0.25, 0.3) is 0 Å². The highest BCUT2D eigenvalue weighted by molar-refractivity contribution is 7.15. The van der Waals surface area contributed by atoms with Crippen LogP contribution in [0.5, 0.6) is 0 Å². The number of esters is 1. The number of carbonyl (C=O) groups excluding carboxylic acids is 1. The van der Waals surface area contributed by atoms with Crippen molar-refractivity contribution in [3.63, 3.8) is 0 Å². The SMILES string of the molecule is COC(=O)CCc1cnc(N2CCC[C@@H]2F)s1. The summed E-state index contributed by atoms with van der Waals surface area (Å²) in [5.74, 6) is -0.232. The fraction of sp³-hybridized carbons (Fsp3) is 0.636. The highest BCUT2D eigenvalue weighted by Gasteiger charge is 2.26. The lowest BCUT2D eigenvalue weighted by atomic mass is 10.3. The first-order valence-electron chi connectivity index (χ1n) is 5.63. The lowest BCUT2D eigenvalue weighted by Gasteiger charge is -2.16. The molecule has 1 aliphatic heterocycles. The van der Waals surface area contributed by atoms with E-state index < -0.39 is 6.30 Å². The maximum absolute atomic E-state index is 13.5. The summed E-state index contributed by atoms with van der Waals surface area (Å²) in [7, 11) is 1.37. The van der Waals surface area contributed by atoms with E-state index in [0.717, 1.165) is 23.0 Å². The van der Waals surface area contributed by atoms with Crippen molar-refractivity contribution in [3.05, 3.63) is 11.1 Å². The van der Waals surface area contributed by atoms with Crippen LogP contribution in [-0.2, 0) is 16.0 Å². The number of alkyl halides is 1. The van der Waals surface area contributed by atoms with E-state index >= 15 is 0 Å². The highest BCUT2D eigenvalue weighted by Crippen LogP contribution is 2.30. The normalized spacial score (nSPS) is 19.6. The second-order valence-corrected chi connectivity index (χ2v) is 5.05. The predicted molar refractivity (Wildman–Crippen MR) is 63.9 cm³/mol. The van der Waals surface area contributed by atoms with E-state index in [4.69, 9.17) is 0 Å². The molecule has 0 radical (unpaired) electrons. The van der Waals surface area contributed by atoms with Crippen LogP contribution in [0, 0.1) is 0 Å². The molecule has 0 bridgehead atoms. The van der Waals surface area contributed by atoms with E-state index in [0.29, 0.717) is 19.3 Å². The fourth-order valence-electron chi connectivity index (χ4n) is 1.81. The molecule has 0 N–H and O–H groups in total. The first-order chi connectivity index (χ1) is 8.20. The van der Waals surface area contributed by atoms with Crippen molar-refractivity contribution in [3.8, 4) is 0 Å². The monoisotopic (exact) mass is 258 g/mol. The maximum Gasteiger partial charge on any atom is 0.305 e. The Kier molecular flexibility index (Phi) is 3.93. The summed E-state index contributed by atoms with van der Waals surface area (Å²) >= 11 is 1.45. The molecular formula is C11H15FN2O2S. The van der Waals surface area contributed by atoms with Crippen molar-refractivity contribution in [1.29, 1.82) is 0 Å². The molecule has 17 heavy (non-hydrogen) atoms. The lowest BCUT2D eigenvalue weighted by Crippen LogP contribution is -2.24. The third-order valence-corrected chi connectivity index (χ3v) is 3.86. The summed E-state index contributed by atoms with van der Waals surface area (Å²) in [6.45, 7) is 0.727. The molecule has 1 aliphatic rings. The molecule has 2 rings (SSSR count). The number of hydrogen-bond acceptors (Lipinski definition) is 5. The van der Waals surface area contributed by atoms with Gasteiger partial charge < -0.3 is 9.64 Å². The molecule has 0 saturated carbocycles. The Hall–Kier alpha value is -1.17. The van der Waals surface area contributed by atoms with Crippen LogP contribution in [0.1, 0.15) is 24.1 Å². The summed E-state index contributed by atoms with van der Waals surface area (Å²) in [5, 5.41) is 0.717. The number of aromatic nitrogens is 1. The van der Waals surface area contributed by atoms with Crippen LogP contribution in [0.3, 0.4) is 0 Å². The van der Waals surface area contributed by atoms with Gasteiger partial charge in [0.1, 0.15) is 0 Å². The molecule has 1 fully saturated rings. The summed E-state index contributed by atoms with van der Waals surface area (Å²) in [6.07, 6.45) is 3.21. The minimum absolute atomic E-state index is 0.232. The van der Waals surface area contributed by atoms with Gasteiger partial charge in [0.2, 0.25) is 0 Å². The highest BCUT2D eigenvalue weighted by atomic mass is 32.1. The first kappa shape index (κ1) is 12.3. The van der Waals surface area contributed by atoms with Gasteiger partial charge in [-0.2, -0.15) is 0 Å². The number of anilines is 1. The number of carbonyl (C=O) groups is 1. The molecule has 4 nitrogen and oxygen atoms in total. The second-order valence-electron chi connectivity index (χ2n) is 3.96. The Morgan fingerprint density at radius 3 is 3.24 bits per heavy atom. The number of rotatable bonds is 4. The third-order valence-electron chi connectivity index (χ3n) is 2.77. The van der Waals surface area contributed by atoms with Crippen LogP contribution in [0.4, 0.5) is 9.52 Å². The zero-order valence-electron chi connectivity index (χ0n) is 9.69. The molecule has 1 saturated heterocycles. The molecule has 0 amide bonds. The molecule has 94 valence electrons. The summed E-state index contributed by atoms with van der Waals surface area (Å²) < 4.78 is 18.0. The van der Waals surface area contributed by atoms with E-state index in [1.54, 1.807) is 11.1 Å². The van der Waals surface area contributed by atoms with Gasteiger partial charge in [-0.3, -0.25) is 4.79 Å². The zero-order valence-corrected chi connectivity index (χ0v) is 10.5. The minimum atomic E-state index is -0.908.